The van der Waals surface area contributed by atoms with Gasteiger partial charge in [0.25, 0.3) is 0 Å². The highest BCUT2D eigenvalue weighted by Gasteiger charge is 2.12. The molecule has 0 amide bonds. The van der Waals surface area contributed by atoms with Gasteiger partial charge in [0, 0.05) is 12.3 Å². The van der Waals surface area contributed by atoms with Gasteiger partial charge in [0.2, 0.25) is 0 Å². The molecule has 0 aromatic rings. The maximum absolute atomic E-state index is 11.8. The molecule has 0 aromatic heterocycles. The van der Waals surface area contributed by atoms with Crippen molar-refractivity contribution in [2.24, 2.45) is 17.8 Å². The summed E-state index contributed by atoms with van der Waals surface area (Å²) in [5.41, 5.74) is 0. The smallest absolute Gasteiger partial charge is 0.136 e. The number of carbonyl (C=O) groups is 1. The number of hydrogen-bond acceptors (Lipinski definition) is 1. The highest BCUT2D eigenvalue weighted by Crippen LogP contribution is 2.20. The average molecular weight is 266 g/mol. The summed E-state index contributed by atoms with van der Waals surface area (Å²) >= 11 is 0. The zero-order valence-corrected chi connectivity index (χ0v) is 13.6. The van der Waals surface area contributed by atoms with Crippen molar-refractivity contribution in [2.75, 3.05) is 0 Å². The van der Waals surface area contributed by atoms with Gasteiger partial charge in [-0.2, -0.15) is 0 Å². The van der Waals surface area contributed by atoms with Crippen LogP contribution in [0.1, 0.15) is 79.1 Å². The molecule has 1 heteroatoms. The fraction of sp³-hybridized carbons (Fsp3) is 0.833. The van der Waals surface area contributed by atoms with Crippen LogP contribution in [-0.4, -0.2) is 5.78 Å². The summed E-state index contributed by atoms with van der Waals surface area (Å²) in [5.74, 6) is 2.29. The molecule has 0 aliphatic heterocycles. The van der Waals surface area contributed by atoms with Gasteiger partial charge in [-0.1, -0.05) is 65.9 Å². The van der Waals surface area contributed by atoms with E-state index in [-0.39, 0.29) is 5.92 Å². The van der Waals surface area contributed by atoms with Crippen LogP contribution in [-0.2, 0) is 4.79 Å². The third kappa shape index (κ3) is 11.0. The second-order valence-electron chi connectivity index (χ2n) is 6.56. The molecule has 1 nitrogen and oxygen atoms in total. The van der Waals surface area contributed by atoms with Crippen LogP contribution in [0.25, 0.3) is 0 Å². The number of hydrogen-bond donors (Lipinski definition) is 0. The SMILES string of the molecule is C=CCCC(=O)C(C)CCCC(C)CCCC(C)C. The summed E-state index contributed by atoms with van der Waals surface area (Å²) in [6, 6.07) is 0. The largest absolute Gasteiger partial charge is 0.299 e. The Morgan fingerprint density at radius 2 is 1.58 bits per heavy atom. The average Bonchev–Trinajstić information content (AvgIpc) is 2.35. The Morgan fingerprint density at radius 3 is 2.11 bits per heavy atom. The standard InChI is InChI=1S/C18H34O/c1-6-7-14-18(19)17(5)13-9-12-16(4)11-8-10-15(2)3/h6,15-17H,1,7-14H2,2-5H3. The first-order valence-corrected chi connectivity index (χ1v) is 8.11. The van der Waals surface area contributed by atoms with Gasteiger partial charge >= 0.3 is 0 Å². The quantitative estimate of drug-likeness (QED) is 0.408. The van der Waals surface area contributed by atoms with Gasteiger partial charge in [0.05, 0.1) is 0 Å². The molecule has 2 atom stereocenters. The zero-order valence-electron chi connectivity index (χ0n) is 13.6. The maximum Gasteiger partial charge on any atom is 0.136 e. The molecule has 0 saturated carbocycles. The van der Waals surface area contributed by atoms with E-state index in [0.717, 1.165) is 24.7 Å². The van der Waals surface area contributed by atoms with Crippen LogP contribution in [0.5, 0.6) is 0 Å². The van der Waals surface area contributed by atoms with Crippen LogP contribution in [0, 0.1) is 17.8 Å². The van der Waals surface area contributed by atoms with Gasteiger partial charge in [-0.3, -0.25) is 4.79 Å². The number of allylic oxidation sites excluding steroid dienone is 1. The van der Waals surface area contributed by atoms with Crippen molar-refractivity contribution in [1.82, 2.24) is 0 Å². The van der Waals surface area contributed by atoms with Gasteiger partial charge in [-0.05, 0) is 24.7 Å². The summed E-state index contributed by atoms with van der Waals surface area (Å²) in [6.07, 6.45) is 10.9. The molecule has 2 unspecified atom stereocenters. The monoisotopic (exact) mass is 266 g/mol. The van der Waals surface area contributed by atoms with E-state index in [4.69, 9.17) is 0 Å². The highest BCUT2D eigenvalue weighted by atomic mass is 16.1. The van der Waals surface area contributed by atoms with Crippen LogP contribution >= 0.6 is 0 Å². The Kier molecular flexibility index (Phi) is 10.9. The Morgan fingerprint density at radius 1 is 1.00 bits per heavy atom. The van der Waals surface area contributed by atoms with Gasteiger partial charge in [-0.25, -0.2) is 0 Å². The molecule has 0 heterocycles. The summed E-state index contributed by atoms with van der Waals surface area (Å²) in [7, 11) is 0. The zero-order chi connectivity index (χ0) is 14.7. The van der Waals surface area contributed by atoms with Crippen molar-refractivity contribution in [1.29, 1.82) is 0 Å². The van der Waals surface area contributed by atoms with Crippen molar-refractivity contribution >= 4 is 5.78 Å². The van der Waals surface area contributed by atoms with E-state index < -0.39 is 0 Å². The fourth-order valence-electron chi connectivity index (χ4n) is 2.44. The summed E-state index contributed by atoms with van der Waals surface area (Å²) in [4.78, 5) is 11.8. The van der Waals surface area contributed by atoms with Crippen molar-refractivity contribution < 1.29 is 4.79 Å². The Labute approximate surface area is 120 Å². The van der Waals surface area contributed by atoms with E-state index >= 15 is 0 Å². The minimum atomic E-state index is 0.239. The lowest BCUT2D eigenvalue weighted by Gasteiger charge is -2.14. The highest BCUT2D eigenvalue weighted by molar-refractivity contribution is 5.80. The van der Waals surface area contributed by atoms with E-state index in [2.05, 4.69) is 34.3 Å². The third-order valence-corrected chi connectivity index (χ3v) is 3.96. The molecule has 112 valence electrons. The molecule has 19 heavy (non-hydrogen) atoms. The lowest BCUT2D eigenvalue weighted by molar-refractivity contribution is -0.122. The predicted molar refractivity (Wildman–Crippen MR) is 85.3 cm³/mol. The molecule has 0 rings (SSSR count). The Hall–Kier alpha value is -0.590. The van der Waals surface area contributed by atoms with Crippen LogP contribution in [0.3, 0.4) is 0 Å². The summed E-state index contributed by atoms with van der Waals surface area (Å²) < 4.78 is 0. The van der Waals surface area contributed by atoms with Crippen molar-refractivity contribution in [3.8, 4) is 0 Å². The molecule has 0 saturated heterocycles. The first-order valence-electron chi connectivity index (χ1n) is 8.11. The Bertz CT molecular complexity index is 242. The van der Waals surface area contributed by atoms with Gasteiger partial charge in [0.15, 0.2) is 0 Å². The van der Waals surface area contributed by atoms with Crippen molar-refractivity contribution in [3.05, 3.63) is 12.7 Å². The second-order valence-corrected chi connectivity index (χ2v) is 6.56. The first kappa shape index (κ1) is 18.4. The molecule has 0 spiro atoms. The normalized spacial score (nSPS) is 14.4. The maximum atomic E-state index is 11.8. The second kappa shape index (κ2) is 11.3. The van der Waals surface area contributed by atoms with Gasteiger partial charge in [0.1, 0.15) is 5.78 Å². The molecular weight excluding hydrogens is 232 g/mol. The van der Waals surface area contributed by atoms with Crippen molar-refractivity contribution in [3.63, 3.8) is 0 Å². The van der Waals surface area contributed by atoms with Gasteiger partial charge < -0.3 is 0 Å². The molecule has 0 bridgehead atoms. The van der Waals surface area contributed by atoms with E-state index in [9.17, 15) is 4.79 Å². The van der Waals surface area contributed by atoms with Crippen LogP contribution in [0.2, 0.25) is 0 Å². The van der Waals surface area contributed by atoms with E-state index in [0.29, 0.717) is 12.2 Å². The van der Waals surface area contributed by atoms with E-state index in [1.807, 2.05) is 6.08 Å². The van der Waals surface area contributed by atoms with Crippen molar-refractivity contribution in [2.45, 2.75) is 79.1 Å². The van der Waals surface area contributed by atoms with E-state index in [1.54, 1.807) is 0 Å². The minimum absolute atomic E-state index is 0.239. The molecule has 0 aliphatic rings. The predicted octanol–water partition coefficient (Wildman–Crippen LogP) is 5.79. The van der Waals surface area contributed by atoms with Crippen LogP contribution in [0.15, 0.2) is 12.7 Å². The van der Waals surface area contributed by atoms with E-state index in [1.165, 1.54) is 32.1 Å². The lowest BCUT2D eigenvalue weighted by atomic mass is 9.91. The number of carbonyl (C=O) groups excluding carboxylic acids is 1. The Balaban J connectivity index is 3.60. The molecular formula is C18H34O. The molecule has 0 fully saturated rings. The first-order chi connectivity index (χ1) is 8.97. The summed E-state index contributed by atoms with van der Waals surface area (Å²) in [5, 5.41) is 0. The third-order valence-electron chi connectivity index (χ3n) is 3.96. The molecule has 0 radical (unpaired) electrons. The van der Waals surface area contributed by atoms with Crippen LogP contribution < -0.4 is 0 Å². The fourth-order valence-corrected chi connectivity index (χ4v) is 2.44. The lowest BCUT2D eigenvalue weighted by Crippen LogP contribution is -2.10. The molecule has 0 aliphatic carbocycles. The number of rotatable bonds is 12. The minimum Gasteiger partial charge on any atom is -0.299 e. The van der Waals surface area contributed by atoms with Gasteiger partial charge in [-0.15, -0.1) is 6.58 Å². The topological polar surface area (TPSA) is 17.1 Å². The summed E-state index contributed by atoms with van der Waals surface area (Å²) in [6.45, 7) is 12.7. The molecule has 0 N–H and O–H groups in total. The number of ketones is 1. The molecule has 0 aromatic carbocycles. The van der Waals surface area contributed by atoms with Crippen LogP contribution in [0.4, 0.5) is 0 Å². The number of Topliss-reactive ketones (excluding diaryl/α,β-unsaturated/α-hetero) is 1.